The minimum absolute atomic E-state index is 0.0458. The van der Waals surface area contributed by atoms with E-state index < -0.39 is 0 Å². The van der Waals surface area contributed by atoms with Gasteiger partial charge in [-0.15, -0.1) is 0 Å². The number of ether oxygens (including phenoxy) is 1. The van der Waals surface area contributed by atoms with Crippen LogP contribution in [0.3, 0.4) is 0 Å². The van der Waals surface area contributed by atoms with Crippen molar-refractivity contribution in [1.29, 1.82) is 0 Å². The molecule has 1 N–H and O–H groups in total. The standard InChI is InChI=1S/C28H34N4O2/c1-21-8-6-7-13-32(21)20-23-10-3-2-9-22(23)19-29-27-18-25(24-11-4-5-12-26(24)30-27)28(33)31-14-16-34-17-15-31/h2-5,9-12,18,21H,6-8,13-17,19-20H2,1H3,(H,29,30). The SMILES string of the molecule is CC1CCCCN1Cc1ccccc1CNc1cc(C(=O)N2CCOCC2)c2ccccc2n1. The molecule has 2 fully saturated rings. The summed E-state index contributed by atoms with van der Waals surface area (Å²) in [5.74, 6) is 0.779. The number of benzene rings is 2. The number of nitrogens with one attached hydrogen (secondary N) is 1. The van der Waals surface area contributed by atoms with E-state index >= 15 is 0 Å². The van der Waals surface area contributed by atoms with Gasteiger partial charge in [0.2, 0.25) is 0 Å². The van der Waals surface area contributed by atoms with E-state index in [1.54, 1.807) is 0 Å². The number of nitrogens with zero attached hydrogens (tertiary/aromatic N) is 3. The molecular formula is C28H34N4O2. The lowest BCUT2D eigenvalue weighted by atomic mass is 10.0. The van der Waals surface area contributed by atoms with Crippen molar-refractivity contribution in [2.75, 3.05) is 38.2 Å². The second-order valence-electron chi connectivity index (χ2n) is 9.41. The summed E-state index contributed by atoms with van der Waals surface area (Å²) in [4.78, 5) is 22.6. The number of rotatable bonds is 6. The Morgan fingerprint density at radius 2 is 1.79 bits per heavy atom. The summed E-state index contributed by atoms with van der Waals surface area (Å²) in [6.45, 7) is 7.59. The van der Waals surface area contributed by atoms with Gasteiger partial charge >= 0.3 is 0 Å². The zero-order valence-corrected chi connectivity index (χ0v) is 20.0. The van der Waals surface area contributed by atoms with Gasteiger partial charge in [0.1, 0.15) is 5.82 Å². The molecule has 0 spiro atoms. The van der Waals surface area contributed by atoms with Crippen LogP contribution in [0.2, 0.25) is 0 Å². The van der Waals surface area contributed by atoms with Crippen LogP contribution in [0.25, 0.3) is 10.9 Å². The van der Waals surface area contributed by atoms with Crippen molar-refractivity contribution in [3.63, 3.8) is 0 Å². The highest BCUT2D eigenvalue weighted by Crippen LogP contribution is 2.25. The van der Waals surface area contributed by atoms with E-state index in [2.05, 4.69) is 41.4 Å². The van der Waals surface area contributed by atoms with E-state index in [4.69, 9.17) is 9.72 Å². The molecule has 0 aliphatic carbocycles. The van der Waals surface area contributed by atoms with Crippen LogP contribution in [0.15, 0.2) is 54.6 Å². The van der Waals surface area contributed by atoms with Crippen LogP contribution in [-0.4, -0.2) is 59.6 Å². The van der Waals surface area contributed by atoms with E-state index in [0.717, 1.165) is 23.3 Å². The van der Waals surface area contributed by atoms with Crippen LogP contribution in [0.1, 0.15) is 47.7 Å². The van der Waals surface area contributed by atoms with Gasteiger partial charge in [-0.05, 0) is 49.6 Å². The van der Waals surface area contributed by atoms with Crippen molar-refractivity contribution in [1.82, 2.24) is 14.8 Å². The Kier molecular flexibility index (Phi) is 7.07. The normalized spacial score (nSPS) is 19.3. The van der Waals surface area contributed by atoms with Crippen LogP contribution < -0.4 is 5.32 Å². The number of hydrogen-bond donors (Lipinski definition) is 1. The minimum Gasteiger partial charge on any atom is -0.378 e. The van der Waals surface area contributed by atoms with Gasteiger partial charge in [0.25, 0.3) is 5.91 Å². The molecule has 0 saturated carbocycles. The lowest BCUT2D eigenvalue weighted by molar-refractivity contribution is 0.0304. The molecule has 2 aromatic carbocycles. The highest BCUT2D eigenvalue weighted by atomic mass is 16.5. The van der Waals surface area contributed by atoms with Gasteiger partial charge in [0.15, 0.2) is 0 Å². The molecule has 0 bridgehead atoms. The summed E-state index contributed by atoms with van der Waals surface area (Å²) < 4.78 is 5.43. The minimum atomic E-state index is 0.0458. The van der Waals surface area contributed by atoms with Crippen molar-refractivity contribution < 1.29 is 9.53 Å². The number of aromatic nitrogens is 1. The molecule has 2 saturated heterocycles. The monoisotopic (exact) mass is 458 g/mol. The molecule has 1 aromatic heterocycles. The van der Waals surface area contributed by atoms with E-state index in [1.165, 1.54) is 36.9 Å². The zero-order chi connectivity index (χ0) is 23.3. The number of carbonyl (C=O) groups is 1. The number of morpholine rings is 1. The average molecular weight is 459 g/mol. The van der Waals surface area contributed by atoms with Gasteiger partial charge in [0.05, 0.1) is 24.3 Å². The molecule has 1 atom stereocenters. The van der Waals surface area contributed by atoms with E-state index in [-0.39, 0.29) is 5.91 Å². The van der Waals surface area contributed by atoms with Crippen LogP contribution in [0, 0.1) is 0 Å². The highest BCUT2D eigenvalue weighted by molar-refractivity contribution is 6.07. The smallest absolute Gasteiger partial charge is 0.254 e. The lowest BCUT2D eigenvalue weighted by Crippen LogP contribution is -2.40. The number of pyridine rings is 1. The molecule has 2 aliphatic heterocycles. The summed E-state index contributed by atoms with van der Waals surface area (Å²) in [7, 11) is 0. The first-order chi connectivity index (χ1) is 16.7. The molecule has 34 heavy (non-hydrogen) atoms. The fraction of sp³-hybridized carbons (Fsp3) is 0.429. The second-order valence-corrected chi connectivity index (χ2v) is 9.41. The van der Waals surface area contributed by atoms with Gasteiger partial charge in [-0.2, -0.15) is 0 Å². The Hall–Kier alpha value is -2.96. The molecule has 178 valence electrons. The Morgan fingerprint density at radius 1 is 1.03 bits per heavy atom. The molecule has 3 heterocycles. The van der Waals surface area contributed by atoms with Gasteiger partial charge < -0.3 is 15.0 Å². The number of piperidine rings is 1. The molecular weight excluding hydrogens is 424 g/mol. The number of likely N-dealkylation sites (tertiary alicyclic amines) is 1. The van der Waals surface area contributed by atoms with Crippen LogP contribution in [0.4, 0.5) is 5.82 Å². The van der Waals surface area contributed by atoms with Gasteiger partial charge in [-0.1, -0.05) is 48.9 Å². The molecule has 1 amide bonds. The zero-order valence-electron chi connectivity index (χ0n) is 20.0. The third-order valence-corrected chi connectivity index (χ3v) is 7.14. The second kappa shape index (κ2) is 10.5. The Bertz CT molecular complexity index is 1140. The van der Waals surface area contributed by atoms with Gasteiger partial charge in [0, 0.05) is 37.6 Å². The Balaban J connectivity index is 1.37. The number of para-hydroxylation sites is 1. The van der Waals surface area contributed by atoms with Crippen molar-refractivity contribution in [2.45, 2.75) is 45.3 Å². The molecule has 3 aromatic rings. The van der Waals surface area contributed by atoms with Gasteiger partial charge in [-0.25, -0.2) is 4.98 Å². The first kappa shape index (κ1) is 22.8. The number of amides is 1. The number of carbonyl (C=O) groups excluding carboxylic acids is 1. The van der Waals surface area contributed by atoms with E-state index in [9.17, 15) is 4.79 Å². The topological polar surface area (TPSA) is 57.7 Å². The van der Waals surface area contributed by atoms with Crippen molar-refractivity contribution in [2.24, 2.45) is 0 Å². The summed E-state index contributed by atoms with van der Waals surface area (Å²) >= 11 is 0. The maximum absolute atomic E-state index is 13.4. The average Bonchev–Trinajstić information content (AvgIpc) is 2.89. The highest BCUT2D eigenvalue weighted by Gasteiger charge is 2.22. The number of fused-ring (bicyclic) bond motifs is 1. The third-order valence-electron chi connectivity index (χ3n) is 7.14. The first-order valence-electron chi connectivity index (χ1n) is 12.5. The van der Waals surface area contributed by atoms with Crippen LogP contribution >= 0.6 is 0 Å². The molecule has 6 heteroatoms. The van der Waals surface area contributed by atoms with Crippen molar-refractivity contribution in [3.05, 3.63) is 71.3 Å². The van der Waals surface area contributed by atoms with E-state index in [1.807, 2.05) is 35.2 Å². The predicted octanol–water partition coefficient (Wildman–Crippen LogP) is 4.69. The van der Waals surface area contributed by atoms with Crippen molar-refractivity contribution >= 4 is 22.6 Å². The fourth-order valence-electron chi connectivity index (χ4n) is 5.06. The van der Waals surface area contributed by atoms with E-state index in [0.29, 0.717) is 44.5 Å². The summed E-state index contributed by atoms with van der Waals surface area (Å²) in [5, 5.41) is 4.41. The maximum Gasteiger partial charge on any atom is 0.254 e. The van der Waals surface area contributed by atoms with Crippen molar-refractivity contribution in [3.8, 4) is 0 Å². The summed E-state index contributed by atoms with van der Waals surface area (Å²) in [6.07, 6.45) is 3.90. The first-order valence-corrected chi connectivity index (χ1v) is 12.5. The van der Waals surface area contributed by atoms with Crippen LogP contribution in [-0.2, 0) is 17.8 Å². The quantitative estimate of drug-likeness (QED) is 0.581. The lowest BCUT2D eigenvalue weighted by Gasteiger charge is -2.33. The molecule has 5 rings (SSSR count). The largest absolute Gasteiger partial charge is 0.378 e. The molecule has 6 nitrogen and oxygen atoms in total. The predicted molar refractivity (Wildman–Crippen MR) is 136 cm³/mol. The fourth-order valence-corrected chi connectivity index (χ4v) is 5.06. The Labute approximate surface area is 201 Å². The summed E-state index contributed by atoms with van der Waals surface area (Å²) in [5.41, 5.74) is 4.16. The van der Waals surface area contributed by atoms with Crippen LogP contribution in [0.5, 0.6) is 0 Å². The molecule has 0 radical (unpaired) electrons. The number of hydrogen-bond acceptors (Lipinski definition) is 5. The third kappa shape index (κ3) is 5.08. The number of anilines is 1. The van der Waals surface area contributed by atoms with Gasteiger partial charge in [-0.3, -0.25) is 9.69 Å². The maximum atomic E-state index is 13.4. The summed E-state index contributed by atoms with van der Waals surface area (Å²) in [6, 6.07) is 19.1. The molecule has 2 aliphatic rings. The molecule has 1 unspecified atom stereocenters. The Morgan fingerprint density at radius 3 is 2.62 bits per heavy atom.